The van der Waals surface area contributed by atoms with Gasteiger partial charge in [-0.15, -0.1) is 0 Å². The van der Waals surface area contributed by atoms with Gasteiger partial charge in [0.15, 0.2) is 6.61 Å². The van der Waals surface area contributed by atoms with Crippen LogP contribution in [-0.4, -0.2) is 46.6 Å². The predicted octanol–water partition coefficient (Wildman–Crippen LogP) is 2.22. The Hall–Kier alpha value is -3.99. The molecule has 0 spiro atoms. The fourth-order valence-electron chi connectivity index (χ4n) is 2.35. The van der Waals surface area contributed by atoms with E-state index < -0.39 is 16.7 Å². The summed E-state index contributed by atoms with van der Waals surface area (Å²) in [7, 11) is 0. The van der Waals surface area contributed by atoms with Gasteiger partial charge in [-0.05, 0) is 36.4 Å². The Labute approximate surface area is 180 Å². The van der Waals surface area contributed by atoms with Crippen molar-refractivity contribution in [1.29, 1.82) is 0 Å². The molecule has 1 heterocycles. The zero-order valence-electron chi connectivity index (χ0n) is 15.9. The lowest BCUT2D eigenvalue weighted by Gasteiger charge is -2.07. The van der Waals surface area contributed by atoms with E-state index >= 15 is 0 Å². The van der Waals surface area contributed by atoms with Crippen LogP contribution in [0.3, 0.4) is 0 Å². The molecule has 11 nitrogen and oxygen atoms in total. The van der Waals surface area contributed by atoms with Gasteiger partial charge in [0.1, 0.15) is 5.75 Å². The summed E-state index contributed by atoms with van der Waals surface area (Å²) in [6, 6.07) is 12.1. The summed E-state index contributed by atoms with van der Waals surface area (Å²) >= 11 is 5.83. The average Bonchev–Trinajstić information content (AvgIpc) is 3.26. The van der Waals surface area contributed by atoms with E-state index in [2.05, 4.69) is 20.8 Å². The van der Waals surface area contributed by atoms with Crippen molar-refractivity contribution in [1.82, 2.24) is 20.8 Å². The van der Waals surface area contributed by atoms with Crippen molar-refractivity contribution in [3.63, 3.8) is 0 Å². The van der Waals surface area contributed by atoms with Crippen molar-refractivity contribution in [2.24, 2.45) is 0 Å². The van der Waals surface area contributed by atoms with Crippen molar-refractivity contribution < 1.29 is 23.8 Å². The molecule has 0 bridgehead atoms. The first-order chi connectivity index (χ1) is 14.9. The molecule has 0 fully saturated rings. The number of amides is 2. The summed E-state index contributed by atoms with van der Waals surface area (Å²) < 4.78 is 10.2. The summed E-state index contributed by atoms with van der Waals surface area (Å²) in [5.41, 5.74) is 0.571. The second kappa shape index (κ2) is 10.2. The van der Waals surface area contributed by atoms with E-state index in [9.17, 15) is 19.7 Å². The third kappa shape index (κ3) is 6.24. The molecule has 2 aromatic carbocycles. The third-order valence-electron chi connectivity index (χ3n) is 3.87. The molecule has 31 heavy (non-hydrogen) atoms. The van der Waals surface area contributed by atoms with Gasteiger partial charge in [-0.25, -0.2) is 0 Å². The fraction of sp³-hybridized carbons (Fsp3) is 0.158. The quantitative estimate of drug-likeness (QED) is 0.289. The molecule has 0 aliphatic heterocycles. The first-order valence-corrected chi connectivity index (χ1v) is 9.32. The normalized spacial score (nSPS) is 10.4. The lowest BCUT2D eigenvalue weighted by atomic mass is 10.2. The maximum atomic E-state index is 12.1. The van der Waals surface area contributed by atoms with Crippen LogP contribution in [0.15, 0.2) is 53.1 Å². The lowest BCUT2D eigenvalue weighted by molar-refractivity contribution is -0.384. The van der Waals surface area contributed by atoms with Crippen LogP contribution in [0, 0.1) is 10.1 Å². The molecule has 0 atom stereocenters. The Morgan fingerprint density at radius 3 is 2.42 bits per heavy atom. The number of non-ortho nitro benzene ring substituents is 1. The first-order valence-electron chi connectivity index (χ1n) is 8.94. The van der Waals surface area contributed by atoms with Gasteiger partial charge in [-0.3, -0.25) is 19.7 Å². The SMILES string of the molecule is O=C(COc1ccc([N+](=O)[O-])cc1)NCCNC(=O)c1nc(-c2ccc(Cl)cc2)no1. The minimum absolute atomic E-state index is 0.0749. The maximum Gasteiger partial charge on any atom is 0.316 e. The highest BCUT2D eigenvalue weighted by Crippen LogP contribution is 2.19. The van der Waals surface area contributed by atoms with Crippen molar-refractivity contribution in [3.8, 4) is 17.1 Å². The zero-order valence-corrected chi connectivity index (χ0v) is 16.7. The molecule has 1 aromatic heterocycles. The minimum atomic E-state index is -0.580. The number of carbonyl (C=O) groups excluding carboxylic acids is 2. The summed E-state index contributed by atoms with van der Waals surface area (Å²) in [5.74, 6) is -0.641. The van der Waals surface area contributed by atoms with Crippen LogP contribution in [0.4, 0.5) is 5.69 Å². The summed E-state index contributed by atoms with van der Waals surface area (Å²) in [6.45, 7) is -0.00694. The van der Waals surface area contributed by atoms with Crippen LogP contribution < -0.4 is 15.4 Å². The highest BCUT2D eigenvalue weighted by atomic mass is 35.5. The van der Waals surface area contributed by atoms with Gasteiger partial charge in [0.2, 0.25) is 5.82 Å². The summed E-state index contributed by atoms with van der Waals surface area (Å²) in [5, 5.41) is 20.0. The van der Waals surface area contributed by atoms with Gasteiger partial charge in [0, 0.05) is 35.8 Å². The van der Waals surface area contributed by atoms with E-state index in [0.29, 0.717) is 16.3 Å². The van der Waals surface area contributed by atoms with Gasteiger partial charge < -0.3 is 19.9 Å². The minimum Gasteiger partial charge on any atom is -0.484 e. The van der Waals surface area contributed by atoms with Crippen molar-refractivity contribution in [2.45, 2.75) is 0 Å². The molecule has 0 aliphatic carbocycles. The highest BCUT2D eigenvalue weighted by molar-refractivity contribution is 6.30. The van der Waals surface area contributed by atoms with E-state index in [1.165, 1.54) is 24.3 Å². The van der Waals surface area contributed by atoms with Crippen molar-refractivity contribution >= 4 is 29.1 Å². The Morgan fingerprint density at radius 1 is 1.06 bits per heavy atom. The van der Waals surface area contributed by atoms with Gasteiger partial charge in [0.25, 0.3) is 11.6 Å². The lowest BCUT2D eigenvalue weighted by Crippen LogP contribution is -2.36. The number of carbonyl (C=O) groups is 2. The fourth-order valence-corrected chi connectivity index (χ4v) is 2.48. The summed E-state index contributed by atoms with van der Waals surface area (Å²) in [4.78, 5) is 37.9. The van der Waals surface area contributed by atoms with Gasteiger partial charge in [-0.2, -0.15) is 4.98 Å². The molecule has 0 saturated carbocycles. The van der Waals surface area contributed by atoms with Crippen LogP contribution >= 0.6 is 11.6 Å². The van der Waals surface area contributed by atoms with Crippen LogP contribution in [-0.2, 0) is 4.79 Å². The van der Waals surface area contributed by atoms with Crippen molar-refractivity contribution in [2.75, 3.05) is 19.7 Å². The van der Waals surface area contributed by atoms with Gasteiger partial charge >= 0.3 is 11.8 Å². The smallest absolute Gasteiger partial charge is 0.316 e. The molecular weight excluding hydrogens is 430 g/mol. The number of ether oxygens (including phenoxy) is 1. The third-order valence-corrected chi connectivity index (χ3v) is 4.12. The van der Waals surface area contributed by atoms with Crippen molar-refractivity contribution in [3.05, 3.63) is 69.6 Å². The molecule has 2 N–H and O–H groups in total. The number of hydrogen-bond acceptors (Lipinski definition) is 8. The zero-order chi connectivity index (χ0) is 22.2. The second-order valence-corrected chi connectivity index (χ2v) is 6.51. The standard InChI is InChI=1S/C19H16ClN5O6/c20-13-3-1-12(2-4-13)17-23-19(31-24-17)18(27)22-10-9-21-16(26)11-30-15-7-5-14(6-8-15)25(28)29/h1-8H,9-11H2,(H,21,26)(H,22,27). The molecule has 12 heteroatoms. The second-order valence-electron chi connectivity index (χ2n) is 6.08. The molecule has 160 valence electrons. The van der Waals surface area contributed by atoms with Crippen LogP contribution in [0.5, 0.6) is 5.75 Å². The van der Waals surface area contributed by atoms with Crippen LogP contribution in [0.2, 0.25) is 5.02 Å². The number of nitrogens with zero attached hydrogens (tertiary/aromatic N) is 3. The predicted molar refractivity (Wildman–Crippen MR) is 109 cm³/mol. The number of nitro benzene ring substituents is 1. The Balaban J connectivity index is 1.37. The average molecular weight is 446 g/mol. The molecule has 3 aromatic rings. The van der Waals surface area contributed by atoms with Crippen LogP contribution in [0.1, 0.15) is 10.7 Å². The van der Waals surface area contributed by atoms with E-state index in [1.807, 2.05) is 0 Å². The molecular formula is C19H16ClN5O6. The number of benzene rings is 2. The number of rotatable bonds is 9. The maximum absolute atomic E-state index is 12.1. The molecule has 3 rings (SSSR count). The molecule has 2 amide bonds. The first kappa shape index (κ1) is 21.7. The number of halogens is 1. The molecule has 0 saturated heterocycles. The Bertz CT molecular complexity index is 1070. The molecule has 0 unspecified atom stereocenters. The van der Waals surface area contributed by atoms with Gasteiger partial charge in [0.05, 0.1) is 4.92 Å². The number of aromatic nitrogens is 2. The summed E-state index contributed by atoms with van der Waals surface area (Å²) in [6.07, 6.45) is 0. The monoisotopic (exact) mass is 445 g/mol. The largest absolute Gasteiger partial charge is 0.484 e. The van der Waals surface area contributed by atoms with E-state index in [0.717, 1.165) is 0 Å². The Kier molecular flexibility index (Phi) is 7.12. The van der Waals surface area contributed by atoms with E-state index in [4.69, 9.17) is 20.9 Å². The van der Waals surface area contributed by atoms with E-state index in [1.54, 1.807) is 24.3 Å². The van der Waals surface area contributed by atoms with Gasteiger partial charge in [-0.1, -0.05) is 16.8 Å². The number of nitro groups is 1. The van der Waals surface area contributed by atoms with Crippen LogP contribution in [0.25, 0.3) is 11.4 Å². The van der Waals surface area contributed by atoms with E-state index in [-0.39, 0.29) is 37.1 Å². The number of nitrogens with one attached hydrogen (secondary N) is 2. The molecule has 0 radical (unpaired) electrons. The number of hydrogen-bond donors (Lipinski definition) is 2. The Morgan fingerprint density at radius 2 is 1.74 bits per heavy atom. The molecule has 0 aliphatic rings. The topological polar surface area (TPSA) is 149 Å². The highest BCUT2D eigenvalue weighted by Gasteiger charge is 2.15.